The van der Waals surface area contributed by atoms with Gasteiger partial charge in [0.15, 0.2) is 17.3 Å². The molecule has 7 nitrogen and oxygen atoms in total. The van der Waals surface area contributed by atoms with Gasteiger partial charge in [-0.3, -0.25) is 0 Å². The second-order valence-electron chi connectivity index (χ2n) is 6.98. The lowest BCUT2D eigenvalue weighted by Gasteiger charge is -2.13. The van der Waals surface area contributed by atoms with Gasteiger partial charge >= 0.3 is 0 Å². The molecule has 0 saturated carbocycles. The lowest BCUT2D eigenvalue weighted by atomic mass is 10.2. The van der Waals surface area contributed by atoms with Gasteiger partial charge < -0.3 is 14.8 Å². The van der Waals surface area contributed by atoms with Gasteiger partial charge in [-0.15, -0.1) is 0 Å². The number of benzene rings is 2. The fourth-order valence-corrected chi connectivity index (χ4v) is 3.53. The van der Waals surface area contributed by atoms with Gasteiger partial charge in [-0.2, -0.15) is 5.10 Å². The maximum Gasteiger partial charge on any atom is 0.161 e. The van der Waals surface area contributed by atoms with Crippen molar-refractivity contribution in [2.75, 3.05) is 7.11 Å². The molecule has 32 heavy (non-hydrogen) atoms. The van der Waals surface area contributed by atoms with Crippen LogP contribution in [0.25, 0.3) is 5.82 Å². The Morgan fingerprint density at radius 2 is 1.81 bits per heavy atom. The summed E-state index contributed by atoms with van der Waals surface area (Å²) >= 11 is 12.2. The highest BCUT2D eigenvalue weighted by molar-refractivity contribution is 6.35. The quantitative estimate of drug-likeness (QED) is 0.377. The Morgan fingerprint density at radius 3 is 2.53 bits per heavy atom. The molecule has 164 valence electrons. The first-order chi connectivity index (χ1) is 15.6. The lowest BCUT2D eigenvalue weighted by molar-refractivity contribution is 0.284. The van der Waals surface area contributed by atoms with Crippen LogP contribution >= 0.6 is 23.2 Å². The molecule has 4 aromatic rings. The molecule has 0 aliphatic carbocycles. The van der Waals surface area contributed by atoms with E-state index in [0.717, 1.165) is 22.5 Å². The lowest BCUT2D eigenvalue weighted by Crippen LogP contribution is -2.13. The van der Waals surface area contributed by atoms with Gasteiger partial charge in [0.1, 0.15) is 19.3 Å². The van der Waals surface area contributed by atoms with Crippen LogP contribution in [0.4, 0.5) is 0 Å². The SMILES string of the molecule is COc1cc(CNCc2ccc(-n3cncn3)nc2)ccc1OCc1ccc(Cl)cc1Cl. The molecule has 0 atom stereocenters. The Balaban J connectivity index is 1.32. The molecule has 4 rings (SSSR count). The molecule has 0 bridgehead atoms. The molecule has 0 unspecified atom stereocenters. The second kappa shape index (κ2) is 10.5. The van der Waals surface area contributed by atoms with Crippen molar-refractivity contribution in [3.8, 4) is 17.3 Å². The van der Waals surface area contributed by atoms with E-state index in [1.54, 1.807) is 30.3 Å². The zero-order valence-corrected chi connectivity index (χ0v) is 18.8. The molecule has 0 aliphatic rings. The molecule has 1 N–H and O–H groups in total. The first-order valence-electron chi connectivity index (χ1n) is 9.86. The fraction of sp³-hybridized carbons (Fsp3) is 0.174. The van der Waals surface area contributed by atoms with Crippen molar-refractivity contribution < 1.29 is 9.47 Å². The van der Waals surface area contributed by atoms with Crippen molar-refractivity contribution in [2.24, 2.45) is 0 Å². The number of ether oxygens (including phenoxy) is 2. The first-order valence-corrected chi connectivity index (χ1v) is 10.6. The zero-order valence-electron chi connectivity index (χ0n) is 17.3. The van der Waals surface area contributed by atoms with E-state index in [9.17, 15) is 0 Å². The van der Waals surface area contributed by atoms with E-state index >= 15 is 0 Å². The van der Waals surface area contributed by atoms with Crippen LogP contribution < -0.4 is 14.8 Å². The van der Waals surface area contributed by atoms with Crippen LogP contribution in [0.15, 0.2) is 67.4 Å². The predicted molar refractivity (Wildman–Crippen MR) is 123 cm³/mol. The van der Waals surface area contributed by atoms with Crippen LogP contribution in [-0.4, -0.2) is 26.9 Å². The number of hydrogen-bond donors (Lipinski definition) is 1. The van der Waals surface area contributed by atoms with Gasteiger partial charge in [0.2, 0.25) is 0 Å². The number of methoxy groups -OCH3 is 1. The molecule has 9 heteroatoms. The number of nitrogens with zero attached hydrogens (tertiary/aromatic N) is 4. The molecule has 0 saturated heterocycles. The number of nitrogens with one attached hydrogen (secondary N) is 1. The number of pyridine rings is 1. The van der Waals surface area contributed by atoms with Crippen molar-refractivity contribution in [3.63, 3.8) is 0 Å². The number of halogens is 2. The molecular formula is C23H21Cl2N5O2. The van der Waals surface area contributed by atoms with E-state index in [1.807, 2.05) is 42.6 Å². The third-order valence-electron chi connectivity index (χ3n) is 4.75. The molecule has 0 spiro atoms. The summed E-state index contributed by atoms with van der Waals surface area (Å²) in [4.78, 5) is 8.34. The summed E-state index contributed by atoms with van der Waals surface area (Å²) in [5.41, 5.74) is 3.00. The standard InChI is InChI=1S/C23H21Cl2N5O2/c1-31-22-8-16(2-6-21(22)32-13-18-4-5-19(24)9-20(18)25)10-26-11-17-3-7-23(28-12-17)30-15-27-14-29-30/h2-9,12,14-15,26H,10-11,13H2,1H3. The monoisotopic (exact) mass is 469 g/mol. The van der Waals surface area contributed by atoms with Gasteiger partial charge in [0.05, 0.1) is 7.11 Å². The topological polar surface area (TPSA) is 74.1 Å². The van der Waals surface area contributed by atoms with Crippen molar-refractivity contribution in [1.82, 2.24) is 25.1 Å². The van der Waals surface area contributed by atoms with E-state index in [1.165, 1.54) is 6.33 Å². The normalized spacial score (nSPS) is 10.8. The van der Waals surface area contributed by atoms with Gasteiger partial charge in [-0.1, -0.05) is 41.4 Å². The van der Waals surface area contributed by atoms with E-state index in [0.29, 0.717) is 41.2 Å². The first kappa shape index (κ1) is 22.1. The average molecular weight is 470 g/mol. The second-order valence-corrected chi connectivity index (χ2v) is 7.82. The summed E-state index contributed by atoms with van der Waals surface area (Å²) in [6, 6.07) is 15.1. The summed E-state index contributed by atoms with van der Waals surface area (Å²) in [7, 11) is 1.62. The van der Waals surface area contributed by atoms with Crippen LogP contribution in [0.2, 0.25) is 10.0 Å². The van der Waals surface area contributed by atoms with Crippen LogP contribution in [0.5, 0.6) is 11.5 Å². The third kappa shape index (κ3) is 5.56. The molecule has 2 aromatic carbocycles. The maximum absolute atomic E-state index is 6.22. The molecule has 2 heterocycles. The predicted octanol–water partition coefficient (Wildman–Crippen LogP) is 4.85. The molecule has 0 fully saturated rings. The van der Waals surface area contributed by atoms with Gasteiger partial charge in [0.25, 0.3) is 0 Å². The Kier molecular flexibility index (Phi) is 7.21. The Labute approximate surface area is 195 Å². The fourth-order valence-electron chi connectivity index (χ4n) is 3.07. The minimum absolute atomic E-state index is 0.321. The molecule has 0 aliphatic heterocycles. The van der Waals surface area contributed by atoms with Crippen molar-refractivity contribution >= 4 is 23.2 Å². The van der Waals surface area contributed by atoms with Gasteiger partial charge in [-0.05, 0) is 41.5 Å². The van der Waals surface area contributed by atoms with Gasteiger partial charge in [-0.25, -0.2) is 14.6 Å². The van der Waals surface area contributed by atoms with Crippen LogP contribution in [-0.2, 0) is 19.7 Å². The summed E-state index contributed by atoms with van der Waals surface area (Å²) in [6.45, 7) is 1.67. The summed E-state index contributed by atoms with van der Waals surface area (Å²) in [5.74, 6) is 2.04. The highest BCUT2D eigenvalue weighted by Crippen LogP contribution is 2.30. The molecular weight excluding hydrogens is 449 g/mol. The van der Waals surface area contributed by atoms with Crippen molar-refractivity contribution in [1.29, 1.82) is 0 Å². The highest BCUT2D eigenvalue weighted by atomic mass is 35.5. The molecule has 0 amide bonds. The number of hydrogen-bond acceptors (Lipinski definition) is 6. The third-order valence-corrected chi connectivity index (χ3v) is 5.33. The van der Waals surface area contributed by atoms with E-state index in [4.69, 9.17) is 32.7 Å². The highest BCUT2D eigenvalue weighted by Gasteiger charge is 2.08. The summed E-state index contributed by atoms with van der Waals surface area (Å²) in [6.07, 6.45) is 4.92. The molecule has 2 aromatic heterocycles. The summed E-state index contributed by atoms with van der Waals surface area (Å²) < 4.78 is 13.0. The van der Waals surface area contributed by atoms with Crippen molar-refractivity contribution in [2.45, 2.75) is 19.7 Å². The minimum Gasteiger partial charge on any atom is -0.493 e. The Morgan fingerprint density at radius 1 is 0.969 bits per heavy atom. The van der Waals surface area contributed by atoms with Gasteiger partial charge in [0, 0.05) is 34.9 Å². The zero-order chi connectivity index (χ0) is 22.3. The number of rotatable bonds is 9. The van der Waals surface area contributed by atoms with E-state index in [2.05, 4.69) is 20.4 Å². The van der Waals surface area contributed by atoms with E-state index in [-0.39, 0.29) is 0 Å². The van der Waals surface area contributed by atoms with Crippen LogP contribution in [0.3, 0.4) is 0 Å². The smallest absolute Gasteiger partial charge is 0.161 e. The number of aromatic nitrogens is 4. The maximum atomic E-state index is 6.22. The van der Waals surface area contributed by atoms with Crippen molar-refractivity contribution in [3.05, 3.63) is 94.1 Å². The Hall–Kier alpha value is -3.13. The minimum atomic E-state index is 0.321. The average Bonchev–Trinajstić information content (AvgIpc) is 3.34. The molecule has 0 radical (unpaired) electrons. The van der Waals surface area contributed by atoms with Crippen LogP contribution in [0, 0.1) is 0 Å². The van der Waals surface area contributed by atoms with E-state index < -0.39 is 0 Å². The largest absolute Gasteiger partial charge is 0.493 e. The van der Waals surface area contributed by atoms with Crippen LogP contribution in [0.1, 0.15) is 16.7 Å². The Bertz CT molecular complexity index is 1170. The summed E-state index contributed by atoms with van der Waals surface area (Å²) in [5, 5.41) is 8.65.